The summed E-state index contributed by atoms with van der Waals surface area (Å²) in [7, 11) is 0. The average molecular weight is 368 g/mol. The number of carbonyl (C=O) groups is 1. The molecule has 25 heavy (non-hydrogen) atoms. The molecule has 1 aromatic heterocycles. The summed E-state index contributed by atoms with van der Waals surface area (Å²) in [6.45, 7) is -0.236. The molecule has 2 heterocycles. The zero-order valence-electron chi connectivity index (χ0n) is 13.1. The van der Waals surface area contributed by atoms with Crippen molar-refractivity contribution >= 4 is 22.5 Å². The van der Waals surface area contributed by atoms with Crippen LogP contribution in [0.4, 0.5) is 14.3 Å². The fourth-order valence-corrected chi connectivity index (χ4v) is 3.21. The van der Waals surface area contributed by atoms with Gasteiger partial charge in [0.15, 0.2) is 0 Å². The van der Waals surface area contributed by atoms with Crippen molar-refractivity contribution in [1.82, 2.24) is 15.5 Å². The van der Waals surface area contributed by atoms with E-state index in [0.29, 0.717) is 17.0 Å². The maximum atomic E-state index is 13.5. The Kier molecular flexibility index (Phi) is 5.53. The Morgan fingerprint density at radius 1 is 1.40 bits per heavy atom. The van der Waals surface area contributed by atoms with Gasteiger partial charge in [-0.15, -0.1) is 10.2 Å². The lowest BCUT2D eigenvalue weighted by atomic mass is 10.1. The fraction of sp³-hybridized carbons (Fsp3) is 0.400. The van der Waals surface area contributed by atoms with Gasteiger partial charge in [-0.1, -0.05) is 29.5 Å². The minimum atomic E-state index is -0.764. The number of rotatable bonds is 5. The molecule has 4 N–H and O–H groups in total. The summed E-state index contributed by atoms with van der Waals surface area (Å²) >= 11 is 1.11. The van der Waals surface area contributed by atoms with Crippen molar-refractivity contribution in [2.24, 2.45) is 0 Å². The Morgan fingerprint density at radius 2 is 2.20 bits per heavy atom. The normalized spacial score (nSPS) is 22.8. The summed E-state index contributed by atoms with van der Waals surface area (Å²) in [6, 6.07) is 5.63. The maximum Gasteiger partial charge on any atom is 0.321 e. The van der Waals surface area contributed by atoms with Crippen LogP contribution in [0.15, 0.2) is 24.3 Å². The van der Waals surface area contributed by atoms with Crippen molar-refractivity contribution in [2.45, 2.75) is 31.3 Å². The monoisotopic (exact) mass is 368 g/mol. The minimum Gasteiger partial charge on any atom is -0.394 e. The van der Waals surface area contributed by atoms with Crippen molar-refractivity contribution in [1.29, 1.82) is 0 Å². The standard InChI is InChI=1S/C15H17FN4O4S/c16-9-4-2-1-3-8(9)6-17-14(23)18-15-20-19-13(25-15)11-5-10(22)12(7-21)24-11/h1-4,10-12,21-22H,5-7H2,(H2,17,18,20,23)/t10-,11-,12+/m0/s1. The number of hydrogen-bond acceptors (Lipinski definition) is 7. The Bertz CT molecular complexity index is 744. The van der Waals surface area contributed by atoms with E-state index in [-0.39, 0.29) is 18.3 Å². The highest BCUT2D eigenvalue weighted by Crippen LogP contribution is 2.35. The van der Waals surface area contributed by atoms with E-state index in [1.165, 1.54) is 6.07 Å². The molecule has 3 rings (SSSR count). The first-order valence-electron chi connectivity index (χ1n) is 7.63. The number of nitrogens with zero attached hydrogens (tertiary/aromatic N) is 2. The highest BCUT2D eigenvalue weighted by Gasteiger charge is 2.36. The second-order valence-corrected chi connectivity index (χ2v) is 6.50. The van der Waals surface area contributed by atoms with Crippen LogP contribution < -0.4 is 10.6 Å². The first kappa shape index (κ1) is 17.7. The van der Waals surface area contributed by atoms with E-state index in [2.05, 4.69) is 20.8 Å². The molecule has 0 spiro atoms. The quantitative estimate of drug-likeness (QED) is 0.630. The molecule has 1 fully saturated rings. The molecule has 1 aliphatic heterocycles. The smallest absolute Gasteiger partial charge is 0.321 e. The fourth-order valence-electron chi connectivity index (χ4n) is 2.43. The topological polar surface area (TPSA) is 117 Å². The molecule has 0 unspecified atom stereocenters. The second kappa shape index (κ2) is 7.83. The summed E-state index contributed by atoms with van der Waals surface area (Å²) < 4.78 is 19.0. The summed E-state index contributed by atoms with van der Waals surface area (Å²) in [4.78, 5) is 11.9. The highest BCUT2D eigenvalue weighted by atomic mass is 32.1. The molecule has 0 aliphatic carbocycles. The second-order valence-electron chi connectivity index (χ2n) is 5.49. The Morgan fingerprint density at radius 3 is 2.92 bits per heavy atom. The van der Waals surface area contributed by atoms with Crippen LogP contribution >= 0.6 is 11.3 Å². The maximum absolute atomic E-state index is 13.5. The predicted molar refractivity (Wildman–Crippen MR) is 87.5 cm³/mol. The van der Waals surface area contributed by atoms with E-state index in [0.717, 1.165) is 11.3 Å². The molecule has 0 bridgehead atoms. The van der Waals surface area contributed by atoms with Crippen LogP contribution in [0.3, 0.4) is 0 Å². The van der Waals surface area contributed by atoms with Crippen LogP contribution in [0, 0.1) is 5.82 Å². The van der Waals surface area contributed by atoms with Gasteiger partial charge in [-0.25, -0.2) is 9.18 Å². The number of carbonyl (C=O) groups excluding carboxylic acids is 1. The number of halogens is 1. The number of aromatic nitrogens is 2. The van der Waals surface area contributed by atoms with Crippen LogP contribution in [0.1, 0.15) is 23.1 Å². The Hall–Kier alpha value is -2.14. The molecule has 134 valence electrons. The number of benzene rings is 1. The average Bonchev–Trinajstić information content (AvgIpc) is 3.20. The van der Waals surface area contributed by atoms with Crippen LogP contribution in [-0.2, 0) is 11.3 Å². The van der Waals surface area contributed by atoms with Crippen molar-refractivity contribution in [3.63, 3.8) is 0 Å². The molecular weight excluding hydrogens is 351 g/mol. The third kappa shape index (κ3) is 4.28. The van der Waals surface area contributed by atoms with Crippen molar-refractivity contribution in [2.75, 3.05) is 11.9 Å². The van der Waals surface area contributed by atoms with Gasteiger partial charge in [-0.05, 0) is 6.07 Å². The van der Waals surface area contributed by atoms with Gasteiger partial charge in [0.1, 0.15) is 23.0 Å². The van der Waals surface area contributed by atoms with Gasteiger partial charge in [0.2, 0.25) is 5.13 Å². The molecular formula is C15H17FN4O4S. The molecule has 0 radical (unpaired) electrons. The Balaban J connectivity index is 1.53. The molecule has 10 heteroatoms. The van der Waals surface area contributed by atoms with Crippen molar-refractivity contribution in [3.05, 3.63) is 40.7 Å². The number of aliphatic hydroxyl groups is 2. The van der Waals surface area contributed by atoms with Gasteiger partial charge >= 0.3 is 6.03 Å². The van der Waals surface area contributed by atoms with Gasteiger partial charge < -0.3 is 20.3 Å². The van der Waals surface area contributed by atoms with Crippen molar-refractivity contribution < 1.29 is 24.1 Å². The number of amides is 2. The zero-order valence-corrected chi connectivity index (χ0v) is 13.9. The lowest BCUT2D eigenvalue weighted by molar-refractivity contribution is -0.0227. The number of aliphatic hydroxyl groups excluding tert-OH is 2. The van der Waals surface area contributed by atoms with Crippen LogP contribution in [0.25, 0.3) is 0 Å². The molecule has 1 aromatic carbocycles. The lowest BCUT2D eigenvalue weighted by Gasteiger charge is -2.09. The van der Waals surface area contributed by atoms with Crippen LogP contribution in [0.5, 0.6) is 0 Å². The first-order valence-corrected chi connectivity index (χ1v) is 8.44. The van der Waals surface area contributed by atoms with Crippen LogP contribution in [0.2, 0.25) is 0 Å². The number of ether oxygens (including phenoxy) is 1. The zero-order chi connectivity index (χ0) is 17.8. The van der Waals surface area contributed by atoms with Gasteiger partial charge in [-0.2, -0.15) is 0 Å². The van der Waals surface area contributed by atoms with Gasteiger partial charge in [-0.3, -0.25) is 5.32 Å². The third-order valence-corrected chi connectivity index (χ3v) is 4.67. The first-order chi connectivity index (χ1) is 12.1. The van der Waals surface area contributed by atoms with Crippen molar-refractivity contribution in [3.8, 4) is 0 Å². The largest absolute Gasteiger partial charge is 0.394 e. The highest BCUT2D eigenvalue weighted by molar-refractivity contribution is 7.15. The number of hydrogen-bond donors (Lipinski definition) is 4. The van der Waals surface area contributed by atoms with Gasteiger partial charge in [0.05, 0.1) is 12.7 Å². The molecule has 8 nitrogen and oxygen atoms in total. The summed E-state index contributed by atoms with van der Waals surface area (Å²) in [5.41, 5.74) is 0.374. The van der Waals surface area contributed by atoms with E-state index in [1.807, 2.05) is 0 Å². The lowest BCUT2D eigenvalue weighted by Crippen LogP contribution is -2.28. The number of urea groups is 1. The summed E-state index contributed by atoms with van der Waals surface area (Å²) in [5, 5.41) is 32.4. The van der Waals surface area contributed by atoms with E-state index in [9.17, 15) is 14.3 Å². The molecule has 2 aromatic rings. The van der Waals surface area contributed by atoms with E-state index < -0.39 is 30.2 Å². The molecule has 2 amide bonds. The van der Waals surface area contributed by atoms with E-state index in [4.69, 9.17) is 9.84 Å². The predicted octanol–water partition coefficient (Wildman–Crippen LogP) is 1.18. The van der Waals surface area contributed by atoms with Gasteiger partial charge in [0, 0.05) is 18.5 Å². The van der Waals surface area contributed by atoms with E-state index in [1.54, 1.807) is 18.2 Å². The summed E-state index contributed by atoms with van der Waals surface area (Å²) in [5.74, 6) is -0.392. The number of anilines is 1. The number of nitrogens with one attached hydrogen (secondary N) is 2. The summed E-state index contributed by atoms with van der Waals surface area (Å²) in [6.07, 6.45) is -1.57. The SMILES string of the molecule is O=C(NCc1ccccc1F)Nc1nnc([C@@H]2C[C@H](O)[C@@H](CO)O2)s1. The molecule has 3 atom stereocenters. The molecule has 1 saturated heterocycles. The van der Waals surface area contributed by atoms with Gasteiger partial charge in [0.25, 0.3) is 0 Å². The van der Waals surface area contributed by atoms with E-state index >= 15 is 0 Å². The molecule has 1 aliphatic rings. The third-order valence-electron chi connectivity index (χ3n) is 3.74. The van der Waals surface area contributed by atoms with Crippen LogP contribution in [-0.4, -0.2) is 45.3 Å². The molecule has 0 saturated carbocycles. The minimum absolute atomic E-state index is 0.0419. The Labute approximate surface area is 146 Å².